The quantitative estimate of drug-likeness (QED) is 0.475. The second-order valence-electron chi connectivity index (χ2n) is 9.18. The minimum absolute atomic E-state index is 0.116. The predicted octanol–water partition coefficient (Wildman–Crippen LogP) is 5.24. The predicted molar refractivity (Wildman–Crippen MR) is 122 cm³/mol. The second-order valence-corrected chi connectivity index (χ2v) is 9.18. The molecule has 0 aliphatic carbocycles. The molecule has 2 aromatic carbocycles. The summed E-state index contributed by atoms with van der Waals surface area (Å²) in [5.41, 5.74) is 7.03. The van der Waals surface area contributed by atoms with E-state index in [2.05, 4.69) is 26.1 Å². The van der Waals surface area contributed by atoms with Crippen molar-refractivity contribution in [2.24, 2.45) is 11.1 Å². The first-order valence-corrected chi connectivity index (χ1v) is 10.8. The molecule has 1 heterocycles. The van der Waals surface area contributed by atoms with Crippen LogP contribution < -0.4 is 11.1 Å². The Balaban J connectivity index is 2.03. The average Bonchev–Trinajstić information content (AvgIpc) is 3.15. The SMILES string of the molecule is CC(C)(C)[C@@H](NCC[C@H](N)CF)c1nc(-c2cc(F)ccc2F)cn1Cc1ccccc1. The van der Waals surface area contributed by atoms with E-state index in [4.69, 9.17) is 10.7 Å². The molecule has 0 aliphatic heterocycles. The van der Waals surface area contributed by atoms with E-state index >= 15 is 0 Å². The van der Waals surface area contributed by atoms with Crippen molar-refractivity contribution in [3.05, 3.63) is 77.8 Å². The average molecular weight is 445 g/mol. The highest BCUT2D eigenvalue weighted by Gasteiger charge is 2.31. The molecular weight excluding hydrogens is 413 g/mol. The van der Waals surface area contributed by atoms with Crippen LogP contribution in [0.4, 0.5) is 13.2 Å². The van der Waals surface area contributed by atoms with Crippen LogP contribution in [0.25, 0.3) is 11.3 Å². The zero-order chi connectivity index (χ0) is 23.3. The molecule has 0 aliphatic rings. The molecule has 7 heteroatoms. The maximum absolute atomic E-state index is 14.5. The standard InChI is InChI=1S/C25H31F3N4/c1-25(2,3)23(30-12-11-19(29)14-26)24-31-22(20-13-18(27)9-10-21(20)28)16-32(24)15-17-7-5-4-6-8-17/h4-10,13,16,19,23,30H,11-12,14-15,29H2,1-3H3/t19-,23-/m0/s1. The maximum atomic E-state index is 14.5. The number of imidazole rings is 1. The Bertz CT molecular complexity index is 1010. The highest BCUT2D eigenvalue weighted by Crippen LogP contribution is 2.34. The van der Waals surface area contributed by atoms with E-state index in [0.717, 1.165) is 23.8 Å². The number of nitrogens with two attached hydrogens (primary N) is 1. The van der Waals surface area contributed by atoms with E-state index in [1.165, 1.54) is 0 Å². The van der Waals surface area contributed by atoms with E-state index in [9.17, 15) is 13.2 Å². The third-order valence-electron chi connectivity index (χ3n) is 5.39. The summed E-state index contributed by atoms with van der Waals surface area (Å²) in [5.74, 6) is -0.350. The molecule has 3 aromatic rings. The molecule has 4 nitrogen and oxygen atoms in total. The molecule has 0 saturated heterocycles. The summed E-state index contributed by atoms with van der Waals surface area (Å²) in [7, 11) is 0. The van der Waals surface area contributed by atoms with Crippen LogP contribution in [0.1, 0.15) is 44.6 Å². The van der Waals surface area contributed by atoms with Gasteiger partial charge >= 0.3 is 0 Å². The van der Waals surface area contributed by atoms with Gasteiger partial charge in [0.25, 0.3) is 0 Å². The molecule has 1 aromatic heterocycles. The smallest absolute Gasteiger partial charge is 0.132 e. The van der Waals surface area contributed by atoms with E-state index in [1.807, 2.05) is 34.9 Å². The van der Waals surface area contributed by atoms with Gasteiger partial charge in [0.15, 0.2) is 0 Å². The molecule has 32 heavy (non-hydrogen) atoms. The monoisotopic (exact) mass is 444 g/mol. The topological polar surface area (TPSA) is 55.9 Å². The molecule has 0 saturated carbocycles. The summed E-state index contributed by atoms with van der Waals surface area (Å²) < 4.78 is 43.1. The van der Waals surface area contributed by atoms with Crippen LogP contribution in [0.5, 0.6) is 0 Å². The molecule has 3 N–H and O–H groups in total. The van der Waals surface area contributed by atoms with Gasteiger partial charge in [0.2, 0.25) is 0 Å². The summed E-state index contributed by atoms with van der Waals surface area (Å²) in [6.45, 7) is 6.68. The normalized spacial score (nSPS) is 13.8. The third-order valence-corrected chi connectivity index (χ3v) is 5.39. The number of nitrogens with zero attached hydrogens (tertiary/aromatic N) is 2. The number of halogens is 3. The Morgan fingerprint density at radius 2 is 1.81 bits per heavy atom. The fraction of sp³-hybridized carbons (Fsp3) is 0.400. The van der Waals surface area contributed by atoms with Crippen LogP contribution in [-0.4, -0.2) is 28.8 Å². The number of nitrogens with one attached hydrogen (secondary N) is 1. The first kappa shape index (κ1) is 24.0. The van der Waals surface area contributed by atoms with Gasteiger partial charge < -0.3 is 15.6 Å². The van der Waals surface area contributed by atoms with Gasteiger partial charge in [-0.1, -0.05) is 51.1 Å². The van der Waals surface area contributed by atoms with Crippen LogP contribution in [-0.2, 0) is 6.54 Å². The molecule has 172 valence electrons. The fourth-order valence-corrected chi connectivity index (χ4v) is 3.67. The van der Waals surface area contributed by atoms with Crippen molar-refractivity contribution in [1.82, 2.24) is 14.9 Å². The van der Waals surface area contributed by atoms with Crippen molar-refractivity contribution >= 4 is 0 Å². The zero-order valence-electron chi connectivity index (χ0n) is 18.8. The van der Waals surface area contributed by atoms with Crippen LogP contribution in [0.2, 0.25) is 0 Å². The lowest BCUT2D eigenvalue weighted by molar-refractivity contribution is 0.252. The van der Waals surface area contributed by atoms with Gasteiger partial charge in [-0.2, -0.15) is 0 Å². The van der Waals surface area contributed by atoms with E-state index in [-0.39, 0.29) is 17.0 Å². The number of aromatic nitrogens is 2. The lowest BCUT2D eigenvalue weighted by Gasteiger charge is -2.32. The van der Waals surface area contributed by atoms with Gasteiger partial charge in [-0.15, -0.1) is 0 Å². The van der Waals surface area contributed by atoms with Crippen LogP contribution in [0, 0.1) is 17.0 Å². The minimum atomic E-state index is -0.576. The van der Waals surface area contributed by atoms with E-state index < -0.39 is 24.4 Å². The molecule has 0 radical (unpaired) electrons. The number of alkyl halides is 1. The van der Waals surface area contributed by atoms with Gasteiger partial charge in [-0.05, 0) is 42.1 Å². The Morgan fingerprint density at radius 1 is 1.09 bits per heavy atom. The molecule has 2 atom stereocenters. The van der Waals surface area contributed by atoms with Crippen molar-refractivity contribution in [1.29, 1.82) is 0 Å². The lowest BCUT2D eigenvalue weighted by Crippen LogP contribution is -2.37. The number of hydrogen-bond acceptors (Lipinski definition) is 3. The van der Waals surface area contributed by atoms with Crippen molar-refractivity contribution < 1.29 is 13.2 Å². The Kier molecular flexibility index (Phi) is 7.74. The van der Waals surface area contributed by atoms with E-state index in [0.29, 0.717) is 31.0 Å². The summed E-state index contributed by atoms with van der Waals surface area (Å²) >= 11 is 0. The molecule has 3 rings (SSSR count). The van der Waals surface area contributed by atoms with Crippen molar-refractivity contribution in [3.63, 3.8) is 0 Å². The first-order valence-electron chi connectivity index (χ1n) is 10.8. The Labute approximate surface area is 187 Å². The zero-order valence-corrected chi connectivity index (χ0v) is 18.8. The lowest BCUT2D eigenvalue weighted by atomic mass is 9.86. The van der Waals surface area contributed by atoms with Crippen molar-refractivity contribution in [2.45, 2.75) is 45.8 Å². The molecule has 0 spiro atoms. The number of rotatable bonds is 9. The van der Waals surface area contributed by atoms with Gasteiger partial charge in [-0.3, -0.25) is 0 Å². The van der Waals surface area contributed by atoms with E-state index in [1.54, 1.807) is 6.20 Å². The molecule has 0 bridgehead atoms. The van der Waals surface area contributed by atoms with Gasteiger partial charge in [0.1, 0.15) is 24.1 Å². The number of hydrogen-bond donors (Lipinski definition) is 2. The molecular formula is C25H31F3N4. The minimum Gasteiger partial charge on any atom is -0.329 e. The van der Waals surface area contributed by atoms with Crippen LogP contribution in [0.15, 0.2) is 54.7 Å². The highest BCUT2D eigenvalue weighted by molar-refractivity contribution is 5.59. The first-order chi connectivity index (χ1) is 15.2. The summed E-state index contributed by atoms with van der Waals surface area (Å²) in [6.07, 6.45) is 2.24. The van der Waals surface area contributed by atoms with Crippen LogP contribution in [0.3, 0.4) is 0 Å². The Hall–Kier alpha value is -2.64. The number of benzene rings is 2. The maximum Gasteiger partial charge on any atom is 0.132 e. The molecule has 0 amide bonds. The highest BCUT2D eigenvalue weighted by atomic mass is 19.1. The summed E-state index contributed by atoms with van der Waals surface area (Å²) in [4.78, 5) is 4.75. The summed E-state index contributed by atoms with van der Waals surface area (Å²) in [6, 6.07) is 12.5. The largest absolute Gasteiger partial charge is 0.329 e. The fourth-order valence-electron chi connectivity index (χ4n) is 3.67. The van der Waals surface area contributed by atoms with Gasteiger partial charge in [-0.25, -0.2) is 18.2 Å². The third kappa shape index (κ3) is 5.99. The van der Waals surface area contributed by atoms with Crippen molar-refractivity contribution in [2.75, 3.05) is 13.2 Å². The van der Waals surface area contributed by atoms with Gasteiger partial charge in [0, 0.05) is 24.3 Å². The van der Waals surface area contributed by atoms with Gasteiger partial charge in [0.05, 0.1) is 11.7 Å². The second kappa shape index (κ2) is 10.3. The molecule has 0 fully saturated rings. The molecule has 0 unspecified atom stereocenters. The summed E-state index contributed by atoms with van der Waals surface area (Å²) in [5, 5.41) is 3.46. The Morgan fingerprint density at radius 3 is 2.47 bits per heavy atom. The van der Waals surface area contributed by atoms with Crippen molar-refractivity contribution in [3.8, 4) is 11.3 Å². The van der Waals surface area contributed by atoms with Crippen LogP contribution >= 0.6 is 0 Å².